The summed E-state index contributed by atoms with van der Waals surface area (Å²) in [6.07, 6.45) is 2.31. The van der Waals surface area contributed by atoms with Crippen LogP contribution in [0.25, 0.3) is 22.6 Å². The largest absolute Gasteiger partial charge is 0.494 e. The van der Waals surface area contributed by atoms with Crippen molar-refractivity contribution in [2.24, 2.45) is 0 Å². The van der Waals surface area contributed by atoms with Gasteiger partial charge in [-0.25, -0.2) is 9.97 Å². The summed E-state index contributed by atoms with van der Waals surface area (Å²) in [4.78, 5) is 11.9. The molecule has 0 saturated carbocycles. The zero-order valence-electron chi connectivity index (χ0n) is 12.7. The van der Waals surface area contributed by atoms with E-state index in [9.17, 15) is 5.11 Å². The third-order valence-corrected chi connectivity index (χ3v) is 4.30. The number of aromatic nitrogens is 3. The Balaban J connectivity index is 1.80. The van der Waals surface area contributed by atoms with E-state index in [0.717, 1.165) is 0 Å². The van der Waals surface area contributed by atoms with E-state index >= 15 is 0 Å². The van der Waals surface area contributed by atoms with E-state index in [4.69, 9.17) is 9.15 Å². The number of nitrogens with zero attached hydrogens (tertiary/aromatic N) is 2. The lowest BCUT2D eigenvalue weighted by Gasteiger charge is -2.13. The van der Waals surface area contributed by atoms with Gasteiger partial charge in [0.25, 0.3) is 0 Å². The highest BCUT2D eigenvalue weighted by molar-refractivity contribution is 7.13. The Kier molecular flexibility index (Phi) is 3.68. The highest BCUT2D eigenvalue weighted by Gasteiger charge is 2.19. The van der Waals surface area contributed by atoms with Crippen molar-refractivity contribution in [1.82, 2.24) is 15.0 Å². The van der Waals surface area contributed by atoms with Gasteiger partial charge in [0.2, 0.25) is 0 Å². The maximum absolute atomic E-state index is 10.5. The summed E-state index contributed by atoms with van der Waals surface area (Å²) in [5, 5.41) is 16.0. The number of thiazole rings is 1. The molecule has 24 heavy (non-hydrogen) atoms. The number of furan rings is 1. The van der Waals surface area contributed by atoms with Gasteiger partial charge in [-0.15, -0.1) is 11.3 Å². The van der Waals surface area contributed by atoms with Gasteiger partial charge in [-0.3, -0.25) is 0 Å². The van der Waals surface area contributed by atoms with Crippen LogP contribution in [0.4, 0.5) is 5.13 Å². The zero-order chi connectivity index (χ0) is 16.5. The van der Waals surface area contributed by atoms with Crippen LogP contribution in [0, 0.1) is 0 Å². The Morgan fingerprint density at radius 2 is 2.29 bits per heavy atom. The summed E-state index contributed by atoms with van der Waals surface area (Å²) in [6.45, 7) is 0. The smallest absolute Gasteiger partial charge is 0.184 e. The number of fused-ring (bicyclic) bond motifs is 1. The molecular weight excluding hydrogens is 328 g/mol. The molecule has 0 radical (unpaired) electrons. The summed E-state index contributed by atoms with van der Waals surface area (Å²) >= 11 is 1.41. The fourth-order valence-electron chi connectivity index (χ4n) is 2.50. The number of ether oxygens (including phenoxy) is 1. The van der Waals surface area contributed by atoms with Gasteiger partial charge in [0, 0.05) is 17.1 Å². The lowest BCUT2D eigenvalue weighted by atomic mass is 10.1. The molecule has 8 heteroatoms. The van der Waals surface area contributed by atoms with Gasteiger partial charge >= 0.3 is 0 Å². The third-order valence-electron chi connectivity index (χ3n) is 3.60. The molecule has 0 amide bonds. The van der Waals surface area contributed by atoms with Crippen LogP contribution in [0.1, 0.15) is 11.8 Å². The number of aliphatic hydroxyl groups is 1. The van der Waals surface area contributed by atoms with Gasteiger partial charge in [0.15, 0.2) is 22.9 Å². The molecule has 3 N–H and O–H groups in total. The fraction of sp³-hybridized carbons (Fsp3) is 0.125. The van der Waals surface area contributed by atoms with E-state index in [-0.39, 0.29) is 0 Å². The van der Waals surface area contributed by atoms with Crippen LogP contribution < -0.4 is 10.1 Å². The average Bonchev–Trinajstić information content (AvgIpc) is 3.33. The molecule has 0 aliphatic heterocycles. The second kappa shape index (κ2) is 5.99. The predicted octanol–water partition coefficient (Wildman–Crippen LogP) is 3.39. The monoisotopic (exact) mass is 342 g/mol. The van der Waals surface area contributed by atoms with Crippen molar-refractivity contribution in [3.8, 4) is 17.3 Å². The topological polar surface area (TPSA) is 96.2 Å². The highest BCUT2D eigenvalue weighted by atomic mass is 32.1. The van der Waals surface area contributed by atoms with Crippen molar-refractivity contribution in [1.29, 1.82) is 0 Å². The van der Waals surface area contributed by atoms with Crippen molar-refractivity contribution in [2.75, 3.05) is 12.4 Å². The number of imidazole rings is 1. The summed E-state index contributed by atoms with van der Waals surface area (Å²) in [5.74, 6) is 1.82. The van der Waals surface area contributed by atoms with Crippen molar-refractivity contribution in [3.63, 3.8) is 0 Å². The highest BCUT2D eigenvalue weighted by Crippen LogP contribution is 2.33. The number of rotatable bonds is 5. The Morgan fingerprint density at radius 3 is 3.00 bits per heavy atom. The molecule has 0 saturated heterocycles. The van der Waals surface area contributed by atoms with E-state index < -0.39 is 6.23 Å². The molecule has 3 heterocycles. The number of methoxy groups -OCH3 is 1. The van der Waals surface area contributed by atoms with Gasteiger partial charge in [0.05, 0.1) is 13.4 Å². The molecule has 7 nitrogen and oxygen atoms in total. The number of hydrogen-bond acceptors (Lipinski definition) is 7. The summed E-state index contributed by atoms with van der Waals surface area (Å²) in [7, 11) is 1.59. The molecule has 0 aliphatic carbocycles. The minimum absolute atomic E-state index is 0.571. The number of aromatic amines is 1. The Hall–Kier alpha value is -2.84. The minimum Gasteiger partial charge on any atom is -0.494 e. The Morgan fingerprint density at radius 1 is 1.38 bits per heavy atom. The first-order chi connectivity index (χ1) is 11.8. The van der Waals surface area contributed by atoms with Gasteiger partial charge < -0.3 is 24.6 Å². The van der Waals surface area contributed by atoms with Gasteiger partial charge in [-0.2, -0.15) is 0 Å². The molecule has 1 unspecified atom stereocenters. The van der Waals surface area contributed by atoms with Gasteiger partial charge in [0.1, 0.15) is 16.8 Å². The second-order valence-corrected chi connectivity index (χ2v) is 5.92. The van der Waals surface area contributed by atoms with Crippen molar-refractivity contribution >= 4 is 27.5 Å². The molecule has 1 atom stereocenters. The molecule has 0 aliphatic rings. The van der Waals surface area contributed by atoms with Crippen molar-refractivity contribution in [3.05, 3.63) is 47.7 Å². The van der Waals surface area contributed by atoms with Crippen LogP contribution in [0.15, 0.2) is 46.5 Å². The molecule has 122 valence electrons. The molecule has 4 aromatic rings. The van der Waals surface area contributed by atoms with E-state index in [0.29, 0.717) is 39.1 Å². The molecule has 0 fully saturated rings. The Labute approximate surface area is 140 Å². The van der Waals surface area contributed by atoms with Gasteiger partial charge in [-0.05, 0) is 24.3 Å². The maximum atomic E-state index is 10.5. The molecule has 1 aromatic carbocycles. The summed E-state index contributed by atoms with van der Waals surface area (Å²) in [6, 6.07) is 7.17. The standard InChI is InChI=1S/C16H14N4O3S/c1-22-10-5-4-9(15(21)20-16-17-6-8-24-16)12-13(10)19-14(18-12)11-3-2-7-23-11/h2-8,15,21H,1H3,(H,17,20)(H,18,19). The summed E-state index contributed by atoms with van der Waals surface area (Å²) in [5.41, 5.74) is 1.92. The number of anilines is 1. The zero-order valence-corrected chi connectivity index (χ0v) is 13.5. The first-order valence-electron chi connectivity index (χ1n) is 7.21. The number of H-pyrrole nitrogens is 1. The molecule has 4 rings (SSSR count). The number of aliphatic hydroxyl groups excluding tert-OH is 1. The van der Waals surface area contributed by atoms with Crippen LogP contribution in [0.2, 0.25) is 0 Å². The lowest BCUT2D eigenvalue weighted by Crippen LogP contribution is -2.10. The summed E-state index contributed by atoms with van der Waals surface area (Å²) < 4.78 is 10.8. The quantitative estimate of drug-likeness (QED) is 0.481. The molecule has 3 aromatic heterocycles. The fourth-order valence-corrected chi connectivity index (χ4v) is 3.05. The second-order valence-electron chi connectivity index (χ2n) is 5.03. The Bertz CT molecular complexity index is 947. The first kappa shape index (κ1) is 14.7. The van der Waals surface area contributed by atoms with E-state index in [1.54, 1.807) is 37.8 Å². The molecule has 0 bridgehead atoms. The predicted molar refractivity (Wildman–Crippen MR) is 91.0 cm³/mol. The van der Waals surface area contributed by atoms with Crippen molar-refractivity contribution < 1.29 is 14.3 Å². The van der Waals surface area contributed by atoms with E-state index in [1.165, 1.54) is 11.3 Å². The SMILES string of the molecule is COc1ccc(C(O)Nc2nccs2)c2nc(-c3ccco3)[nH]c12. The van der Waals surface area contributed by atoms with Crippen LogP contribution >= 0.6 is 11.3 Å². The third kappa shape index (κ3) is 2.51. The number of hydrogen-bond donors (Lipinski definition) is 3. The number of benzene rings is 1. The van der Waals surface area contributed by atoms with Crippen LogP contribution in [0.5, 0.6) is 5.75 Å². The van der Waals surface area contributed by atoms with E-state index in [1.807, 2.05) is 11.4 Å². The van der Waals surface area contributed by atoms with E-state index in [2.05, 4.69) is 20.3 Å². The normalized spacial score (nSPS) is 12.4. The first-order valence-corrected chi connectivity index (χ1v) is 8.09. The van der Waals surface area contributed by atoms with Crippen LogP contribution in [0.3, 0.4) is 0 Å². The van der Waals surface area contributed by atoms with Crippen molar-refractivity contribution in [2.45, 2.75) is 6.23 Å². The molecular formula is C16H14N4O3S. The number of nitrogens with one attached hydrogen (secondary N) is 2. The van der Waals surface area contributed by atoms with Crippen LogP contribution in [-0.2, 0) is 0 Å². The minimum atomic E-state index is -0.947. The average molecular weight is 342 g/mol. The molecule has 0 spiro atoms. The van der Waals surface area contributed by atoms with Gasteiger partial charge in [-0.1, -0.05) is 0 Å². The maximum Gasteiger partial charge on any atom is 0.184 e. The lowest BCUT2D eigenvalue weighted by molar-refractivity contribution is 0.209. The van der Waals surface area contributed by atoms with Crippen LogP contribution in [-0.4, -0.2) is 27.2 Å².